The number of methoxy groups -OCH3 is 1. The largest absolute Gasteiger partial charge is 0.591 e. The summed E-state index contributed by atoms with van der Waals surface area (Å²) in [5, 5.41) is 0. The summed E-state index contributed by atoms with van der Waals surface area (Å²) >= 11 is -1.40. The van der Waals surface area contributed by atoms with Gasteiger partial charge >= 0.3 is 0 Å². The topological polar surface area (TPSA) is 44.6 Å². The minimum absolute atomic E-state index is 0.148. The molecule has 0 heterocycles. The van der Waals surface area contributed by atoms with Gasteiger partial charge in [-0.25, -0.2) is 4.39 Å². The second-order valence-electron chi connectivity index (χ2n) is 6.41. The Morgan fingerprint density at radius 2 is 1.83 bits per heavy atom. The quantitative estimate of drug-likeness (QED) is 0.597. The summed E-state index contributed by atoms with van der Waals surface area (Å²) in [6.45, 7) is 5.62. The van der Waals surface area contributed by atoms with Crippen LogP contribution in [0.1, 0.15) is 31.9 Å². The zero-order chi connectivity index (χ0) is 17.7. The molecule has 0 saturated heterocycles. The van der Waals surface area contributed by atoms with E-state index in [0.29, 0.717) is 17.7 Å². The van der Waals surface area contributed by atoms with E-state index in [0.717, 1.165) is 5.56 Å². The number of benzene rings is 2. The maximum atomic E-state index is 13.7. The van der Waals surface area contributed by atoms with Gasteiger partial charge in [0, 0.05) is 12.0 Å². The van der Waals surface area contributed by atoms with Gasteiger partial charge in [0.25, 0.3) is 0 Å². The van der Waals surface area contributed by atoms with Crippen molar-refractivity contribution in [3.63, 3.8) is 0 Å². The molecule has 0 amide bonds. The van der Waals surface area contributed by atoms with Crippen molar-refractivity contribution in [1.82, 2.24) is 0 Å². The monoisotopic (exact) mass is 347 g/mol. The van der Waals surface area contributed by atoms with Gasteiger partial charge in [0.05, 0.1) is 7.11 Å². The second kappa shape index (κ2) is 7.81. The average molecular weight is 347 g/mol. The highest BCUT2D eigenvalue weighted by Gasteiger charge is 2.27. The molecule has 0 aromatic heterocycles. The van der Waals surface area contributed by atoms with Gasteiger partial charge in [-0.05, 0) is 44.5 Å². The highest BCUT2D eigenvalue weighted by Crippen LogP contribution is 2.23. The third-order valence-corrected chi connectivity index (χ3v) is 4.85. The van der Waals surface area contributed by atoms with Crippen molar-refractivity contribution in [2.75, 3.05) is 7.11 Å². The van der Waals surface area contributed by atoms with E-state index in [-0.39, 0.29) is 5.75 Å². The van der Waals surface area contributed by atoms with Crippen molar-refractivity contribution in [1.29, 1.82) is 0 Å². The standard InChI is InChI=1S/C19H22FNO2S/c1-19(2,3)24(22)21-17(12-14-8-6-5-7-9-14)15-10-11-16(20)18(13-15)23-4/h5-11,13H,12H2,1-4H3/b21-17+. The zero-order valence-corrected chi connectivity index (χ0v) is 15.2. The third kappa shape index (κ3) is 4.82. The van der Waals surface area contributed by atoms with Gasteiger partial charge in [-0.1, -0.05) is 34.7 Å². The lowest BCUT2D eigenvalue weighted by atomic mass is 10.0. The van der Waals surface area contributed by atoms with E-state index < -0.39 is 21.9 Å². The summed E-state index contributed by atoms with van der Waals surface area (Å²) in [4.78, 5) is 0. The lowest BCUT2D eigenvalue weighted by molar-refractivity contribution is 0.386. The molecule has 2 rings (SSSR count). The first-order chi connectivity index (χ1) is 11.3. The van der Waals surface area contributed by atoms with E-state index in [1.807, 2.05) is 51.1 Å². The second-order valence-corrected chi connectivity index (χ2v) is 8.32. The van der Waals surface area contributed by atoms with E-state index in [9.17, 15) is 8.94 Å². The molecule has 0 N–H and O–H groups in total. The number of hydrogen-bond donors (Lipinski definition) is 0. The molecule has 0 bridgehead atoms. The fourth-order valence-corrected chi connectivity index (χ4v) is 2.70. The predicted octanol–water partition coefficient (Wildman–Crippen LogP) is 4.33. The molecule has 2 aromatic rings. The molecule has 5 heteroatoms. The summed E-state index contributed by atoms with van der Waals surface area (Å²) in [5.41, 5.74) is 2.40. The van der Waals surface area contributed by atoms with Gasteiger partial charge < -0.3 is 9.29 Å². The maximum Gasteiger partial charge on any atom is 0.165 e. The molecule has 0 saturated carbocycles. The molecule has 0 aliphatic carbocycles. The first kappa shape index (κ1) is 18.5. The molecular formula is C19H22FNO2S. The number of halogens is 1. The highest BCUT2D eigenvalue weighted by molar-refractivity contribution is 7.91. The predicted molar refractivity (Wildman–Crippen MR) is 97.5 cm³/mol. The van der Waals surface area contributed by atoms with Crippen LogP contribution in [-0.4, -0.2) is 22.1 Å². The Morgan fingerprint density at radius 3 is 2.42 bits per heavy atom. The lowest BCUT2D eigenvalue weighted by Crippen LogP contribution is -2.27. The van der Waals surface area contributed by atoms with Crippen LogP contribution in [0, 0.1) is 5.82 Å². The Labute approximate surface area is 145 Å². The van der Waals surface area contributed by atoms with E-state index in [1.165, 1.54) is 13.2 Å². The summed E-state index contributed by atoms with van der Waals surface area (Å²) in [6, 6.07) is 14.4. The maximum absolute atomic E-state index is 13.7. The van der Waals surface area contributed by atoms with Crippen LogP contribution >= 0.6 is 0 Å². The summed E-state index contributed by atoms with van der Waals surface area (Å²) in [6.07, 6.45) is 0.511. The Balaban J connectivity index is 2.44. The number of ether oxygens (including phenoxy) is 1. The Bertz CT molecular complexity index is 711. The normalized spacial score (nSPS) is 13.7. The van der Waals surface area contributed by atoms with Crippen LogP contribution in [0.5, 0.6) is 5.75 Å². The average Bonchev–Trinajstić information content (AvgIpc) is 2.54. The molecule has 0 radical (unpaired) electrons. The first-order valence-corrected chi connectivity index (χ1v) is 8.79. The van der Waals surface area contributed by atoms with Gasteiger partial charge in [-0.3, -0.25) is 0 Å². The van der Waals surface area contributed by atoms with E-state index >= 15 is 0 Å². The smallest absolute Gasteiger partial charge is 0.165 e. The number of rotatable bonds is 5. The molecular weight excluding hydrogens is 325 g/mol. The van der Waals surface area contributed by atoms with Crippen LogP contribution in [0.2, 0.25) is 0 Å². The van der Waals surface area contributed by atoms with Gasteiger partial charge in [-0.15, -0.1) is 0 Å². The van der Waals surface area contributed by atoms with Crippen LogP contribution in [0.25, 0.3) is 0 Å². The SMILES string of the molecule is COc1cc(/C(Cc2ccccc2)=N/[S+]([O-])C(C)(C)C)ccc1F. The Hall–Kier alpha value is -1.85. The molecule has 1 unspecified atom stereocenters. The van der Waals surface area contributed by atoms with Crippen LogP contribution in [0.15, 0.2) is 52.9 Å². The van der Waals surface area contributed by atoms with Crippen LogP contribution in [0.4, 0.5) is 4.39 Å². The van der Waals surface area contributed by atoms with Gasteiger partial charge in [0.1, 0.15) is 21.8 Å². The van der Waals surface area contributed by atoms with Gasteiger partial charge in [0.15, 0.2) is 11.6 Å². The highest BCUT2D eigenvalue weighted by atomic mass is 32.2. The lowest BCUT2D eigenvalue weighted by Gasteiger charge is -2.19. The van der Waals surface area contributed by atoms with Crippen molar-refractivity contribution in [2.24, 2.45) is 4.40 Å². The van der Waals surface area contributed by atoms with Gasteiger partial charge in [0.2, 0.25) is 0 Å². The summed E-state index contributed by atoms with van der Waals surface area (Å²) < 4.78 is 35.2. The molecule has 2 aromatic carbocycles. The van der Waals surface area contributed by atoms with Gasteiger partial charge in [-0.2, -0.15) is 0 Å². The van der Waals surface area contributed by atoms with E-state index in [4.69, 9.17) is 4.74 Å². The first-order valence-electron chi connectivity index (χ1n) is 7.68. The fraction of sp³-hybridized carbons (Fsp3) is 0.316. The molecule has 128 valence electrons. The fourth-order valence-electron chi connectivity index (χ4n) is 2.05. The summed E-state index contributed by atoms with van der Waals surface area (Å²) in [5.74, 6) is -0.285. The van der Waals surface area contributed by atoms with Crippen molar-refractivity contribution in [3.8, 4) is 5.75 Å². The number of hydrogen-bond acceptors (Lipinski definition) is 3. The van der Waals surface area contributed by atoms with Crippen LogP contribution < -0.4 is 4.74 Å². The van der Waals surface area contributed by atoms with Crippen molar-refractivity contribution in [3.05, 3.63) is 65.5 Å². The van der Waals surface area contributed by atoms with Crippen LogP contribution in [-0.2, 0) is 17.8 Å². The van der Waals surface area contributed by atoms with Crippen molar-refractivity contribution in [2.45, 2.75) is 31.9 Å². The van der Waals surface area contributed by atoms with Crippen LogP contribution in [0.3, 0.4) is 0 Å². The minimum Gasteiger partial charge on any atom is -0.591 e. The molecule has 0 fully saturated rings. The Morgan fingerprint density at radius 1 is 1.17 bits per heavy atom. The molecule has 0 aliphatic heterocycles. The zero-order valence-electron chi connectivity index (χ0n) is 14.4. The molecule has 3 nitrogen and oxygen atoms in total. The third-order valence-electron chi connectivity index (χ3n) is 3.42. The van der Waals surface area contributed by atoms with Crippen molar-refractivity contribution >= 4 is 17.1 Å². The molecule has 0 spiro atoms. The minimum atomic E-state index is -1.40. The van der Waals surface area contributed by atoms with E-state index in [1.54, 1.807) is 12.1 Å². The molecule has 0 aliphatic rings. The summed E-state index contributed by atoms with van der Waals surface area (Å²) in [7, 11) is 1.42. The van der Waals surface area contributed by atoms with Crippen molar-refractivity contribution < 1.29 is 13.7 Å². The number of nitrogens with zero attached hydrogens (tertiary/aromatic N) is 1. The van der Waals surface area contributed by atoms with E-state index in [2.05, 4.69) is 4.40 Å². The Kier molecular flexibility index (Phi) is 6.02. The molecule has 24 heavy (non-hydrogen) atoms. The molecule has 1 atom stereocenters.